The third kappa shape index (κ3) is 5.61. The Morgan fingerprint density at radius 2 is 1.95 bits per heavy atom. The van der Waals surface area contributed by atoms with Gasteiger partial charge in [0.2, 0.25) is 0 Å². The highest BCUT2D eigenvalue weighted by atomic mass is 16.5. The van der Waals surface area contributed by atoms with E-state index in [0.29, 0.717) is 12.5 Å². The molecule has 0 saturated heterocycles. The Bertz CT molecular complexity index is 390. The lowest BCUT2D eigenvalue weighted by molar-refractivity contribution is 0.246. The van der Waals surface area contributed by atoms with Crippen LogP contribution in [0.2, 0.25) is 0 Å². The summed E-state index contributed by atoms with van der Waals surface area (Å²) in [5, 5.41) is 5.64. The van der Waals surface area contributed by atoms with E-state index in [0.717, 1.165) is 17.9 Å². The van der Waals surface area contributed by atoms with Crippen molar-refractivity contribution in [1.82, 2.24) is 5.32 Å². The second kappa shape index (κ2) is 7.63. The number of rotatable bonds is 6. The van der Waals surface area contributed by atoms with Crippen LogP contribution in [0, 0.1) is 5.92 Å². The molecule has 0 aromatic heterocycles. The molecule has 0 spiro atoms. The second-order valence-electron chi connectivity index (χ2n) is 4.89. The number of amides is 2. The van der Waals surface area contributed by atoms with Crippen LogP contribution in [0.15, 0.2) is 24.3 Å². The molecule has 1 unspecified atom stereocenters. The van der Waals surface area contributed by atoms with E-state index in [-0.39, 0.29) is 12.1 Å². The maximum Gasteiger partial charge on any atom is 0.319 e. The lowest BCUT2D eigenvalue weighted by Gasteiger charge is -2.19. The highest BCUT2D eigenvalue weighted by Gasteiger charge is 2.12. The van der Waals surface area contributed by atoms with Crippen LogP contribution in [-0.4, -0.2) is 25.7 Å². The second-order valence-corrected chi connectivity index (χ2v) is 4.89. The largest absolute Gasteiger partial charge is 0.497 e. The number of nitrogens with one attached hydrogen (secondary N) is 2. The Hall–Kier alpha value is -1.75. The molecule has 0 fully saturated rings. The predicted molar refractivity (Wildman–Crippen MR) is 77.4 cm³/mol. The molecule has 4 N–H and O–H groups in total. The number of methoxy groups -OCH3 is 1. The average Bonchev–Trinajstić information content (AvgIpc) is 2.38. The number of carbonyl (C=O) groups is 1. The van der Waals surface area contributed by atoms with Crippen molar-refractivity contribution in [3.8, 4) is 5.75 Å². The molecule has 2 amide bonds. The van der Waals surface area contributed by atoms with Gasteiger partial charge in [0.25, 0.3) is 0 Å². The monoisotopic (exact) mass is 265 g/mol. The minimum absolute atomic E-state index is 0.00162. The number of carbonyl (C=O) groups excluding carboxylic acids is 1. The first-order chi connectivity index (χ1) is 9.05. The number of nitrogens with two attached hydrogens (primary N) is 1. The van der Waals surface area contributed by atoms with Gasteiger partial charge in [0.05, 0.1) is 7.11 Å². The molecule has 0 bridgehead atoms. The molecular weight excluding hydrogens is 242 g/mol. The van der Waals surface area contributed by atoms with E-state index in [4.69, 9.17) is 10.5 Å². The number of anilines is 1. The van der Waals surface area contributed by atoms with Gasteiger partial charge in [-0.3, -0.25) is 0 Å². The van der Waals surface area contributed by atoms with Crippen LogP contribution in [0.25, 0.3) is 0 Å². The Morgan fingerprint density at radius 3 is 2.42 bits per heavy atom. The third-order valence-corrected chi connectivity index (χ3v) is 2.72. The standard InChI is InChI=1S/C14H23N3O2/c1-10(2)8-12(9-15)17-14(18)16-11-4-6-13(19-3)7-5-11/h4-7,10,12H,8-9,15H2,1-3H3,(H2,16,17,18). The molecule has 5 heteroatoms. The highest BCUT2D eigenvalue weighted by Crippen LogP contribution is 2.14. The molecule has 0 heterocycles. The van der Waals surface area contributed by atoms with Crippen LogP contribution in [0.3, 0.4) is 0 Å². The number of hydrogen-bond acceptors (Lipinski definition) is 3. The topological polar surface area (TPSA) is 76.4 Å². The predicted octanol–water partition coefficient (Wildman–Crippen LogP) is 2.19. The summed E-state index contributed by atoms with van der Waals surface area (Å²) in [7, 11) is 1.60. The fourth-order valence-electron chi connectivity index (χ4n) is 1.81. The van der Waals surface area contributed by atoms with E-state index in [1.807, 2.05) is 0 Å². The molecular formula is C14H23N3O2. The summed E-state index contributed by atoms with van der Waals surface area (Å²) in [6.07, 6.45) is 0.868. The van der Waals surface area contributed by atoms with Crippen molar-refractivity contribution in [2.24, 2.45) is 11.7 Å². The van der Waals surface area contributed by atoms with Gasteiger partial charge < -0.3 is 21.1 Å². The van der Waals surface area contributed by atoms with Gasteiger partial charge in [-0.15, -0.1) is 0 Å². The van der Waals surface area contributed by atoms with Crippen LogP contribution in [-0.2, 0) is 0 Å². The number of ether oxygens (including phenoxy) is 1. The number of hydrogen-bond donors (Lipinski definition) is 3. The quantitative estimate of drug-likeness (QED) is 0.738. The lowest BCUT2D eigenvalue weighted by atomic mass is 10.0. The zero-order valence-corrected chi connectivity index (χ0v) is 11.8. The van der Waals surface area contributed by atoms with Crippen LogP contribution < -0.4 is 21.1 Å². The Morgan fingerprint density at radius 1 is 1.32 bits per heavy atom. The Balaban J connectivity index is 2.49. The summed E-state index contributed by atoms with van der Waals surface area (Å²) in [5.74, 6) is 1.25. The van der Waals surface area contributed by atoms with Gasteiger partial charge >= 0.3 is 6.03 Å². The molecule has 0 aliphatic heterocycles. The van der Waals surface area contributed by atoms with E-state index >= 15 is 0 Å². The maximum absolute atomic E-state index is 11.8. The maximum atomic E-state index is 11.8. The normalized spacial score (nSPS) is 12.1. The summed E-state index contributed by atoms with van der Waals surface area (Å²) >= 11 is 0. The first-order valence-electron chi connectivity index (χ1n) is 6.46. The van der Waals surface area contributed by atoms with E-state index < -0.39 is 0 Å². The van der Waals surface area contributed by atoms with E-state index in [2.05, 4.69) is 24.5 Å². The zero-order chi connectivity index (χ0) is 14.3. The van der Waals surface area contributed by atoms with E-state index in [9.17, 15) is 4.79 Å². The summed E-state index contributed by atoms with van der Waals surface area (Å²) in [4.78, 5) is 11.8. The highest BCUT2D eigenvalue weighted by molar-refractivity contribution is 5.89. The molecule has 1 rings (SSSR count). The first-order valence-corrected chi connectivity index (χ1v) is 6.46. The van der Waals surface area contributed by atoms with Gasteiger partial charge in [0, 0.05) is 18.3 Å². The molecule has 0 aliphatic rings. The molecule has 106 valence electrons. The number of benzene rings is 1. The van der Waals surface area contributed by atoms with Crippen molar-refractivity contribution in [1.29, 1.82) is 0 Å². The van der Waals surface area contributed by atoms with Crippen molar-refractivity contribution in [2.75, 3.05) is 19.0 Å². The van der Waals surface area contributed by atoms with E-state index in [1.165, 1.54) is 0 Å². The van der Waals surface area contributed by atoms with Gasteiger partial charge in [-0.2, -0.15) is 0 Å². The van der Waals surface area contributed by atoms with Gasteiger partial charge in [0.1, 0.15) is 5.75 Å². The molecule has 0 radical (unpaired) electrons. The van der Waals surface area contributed by atoms with Crippen molar-refractivity contribution in [2.45, 2.75) is 26.3 Å². The molecule has 0 aliphatic carbocycles. The van der Waals surface area contributed by atoms with Gasteiger partial charge in [0.15, 0.2) is 0 Å². The minimum atomic E-state index is -0.235. The van der Waals surface area contributed by atoms with Crippen molar-refractivity contribution in [3.05, 3.63) is 24.3 Å². The fourth-order valence-corrected chi connectivity index (χ4v) is 1.81. The first kappa shape index (κ1) is 15.3. The number of urea groups is 1. The molecule has 5 nitrogen and oxygen atoms in total. The van der Waals surface area contributed by atoms with Gasteiger partial charge in [-0.25, -0.2) is 4.79 Å². The summed E-state index contributed by atoms with van der Waals surface area (Å²) in [6, 6.07) is 6.93. The lowest BCUT2D eigenvalue weighted by Crippen LogP contribution is -2.43. The molecule has 19 heavy (non-hydrogen) atoms. The van der Waals surface area contributed by atoms with Crippen molar-refractivity contribution >= 4 is 11.7 Å². The third-order valence-electron chi connectivity index (χ3n) is 2.72. The fraction of sp³-hybridized carbons (Fsp3) is 0.500. The van der Waals surface area contributed by atoms with Crippen molar-refractivity contribution in [3.63, 3.8) is 0 Å². The van der Waals surface area contributed by atoms with Crippen LogP contribution in [0.5, 0.6) is 5.75 Å². The van der Waals surface area contributed by atoms with Crippen LogP contribution >= 0.6 is 0 Å². The SMILES string of the molecule is COc1ccc(NC(=O)NC(CN)CC(C)C)cc1. The molecule has 0 saturated carbocycles. The summed E-state index contributed by atoms with van der Waals surface area (Å²) < 4.78 is 5.05. The molecule has 1 aromatic rings. The Kier molecular flexibility index (Phi) is 6.15. The summed E-state index contributed by atoms with van der Waals surface area (Å²) in [5.41, 5.74) is 6.36. The Labute approximate surface area is 114 Å². The van der Waals surface area contributed by atoms with Crippen LogP contribution in [0.1, 0.15) is 20.3 Å². The average molecular weight is 265 g/mol. The smallest absolute Gasteiger partial charge is 0.319 e. The molecule has 1 aromatic carbocycles. The van der Waals surface area contributed by atoms with Crippen LogP contribution in [0.4, 0.5) is 10.5 Å². The van der Waals surface area contributed by atoms with Gasteiger partial charge in [-0.05, 0) is 36.6 Å². The molecule has 1 atom stereocenters. The van der Waals surface area contributed by atoms with Gasteiger partial charge in [-0.1, -0.05) is 13.8 Å². The zero-order valence-electron chi connectivity index (χ0n) is 11.8. The van der Waals surface area contributed by atoms with Crippen molar-refractivity contribution < 1.29 is 9.53 Å². The minimum Gasteiger partial charge on any atom is -0.497 e. The van der Waals surface area contributed by atoms with E-state index in [1.54, 1.807) is 31.4 Å². The summed E-state index contributed by atoms with van der Waals surface area (Å²) in [6.45, 7) is 4.64.